The zero-order valence-electron chi connectivity index (χ0n) is 28.2. The molecule has 0 atom stereocenters. The Labute approximate surface area is 264 Å². The first-order chi connectivity index (χ1) is 19.7. The lowest BCUT2D eigenvalue weighted by atomic mass is 10.1. The lowest BCUT2D eigenvalue weighted by molar-refractivity contribution is -0.890. The van der Waals surface area contributed by atoms with Crippen LogP contribution in [0.1, 0.15) is 118 Å². The van der Waals surface area contributed by atoms with Gasteiger partial charge in [-0.3, -0.25) is 0 Å². The Balaban J connectivity index is -0.000000251. The smallest absolute Gasteiger partial charge is 0.485 e. The Morgan fingerprint density at radius 1 is 0.432 bits per heavy atom. The van der Waals surface area contributed by atoms with Gasteiger partial charge in [-0.2, -0.15) is 26.3 Å². The third-order valence-electron chi connectivity index (χ3n) is 6.53. The molecule has 16 heteroatoms. The zero-order valence-corrected chi connectivity index (χ0v) is 29.8. The van der Waals surface area contributed by atoms with Crippen molar-refractivity contribution in [1.29, 1.82) is 0 Å². The first-order valence-electron chi connectivity index (χ1n) is 15.4. The van der Waals surface area contributed by atoms with E-state index in [-0.39, 0.29) is 0 Å². The van der Waals surface area contributed by atoms with Gasteiger partial charge in [-0.1, -0.05) is 79.1 Å². The predicted molar refractivity (Wildman–Crippen MR) is 163 cm³/mol. The standard InChI is InChI=1S/2C13H30N.2CHF3O3S/c2*1-5-7-9-10-11-13-14(3,4)12-8-6-2;2*2-1(3,4)8(5,6)7/h2*5-13H2,1-4H3;2*(H,5,6,7)/q2*+1;;/p-2. The van der Waals surface area contributed by atoms with Crippen LogP contribution in [0.15, 0.2) is 0 Å². The molecular formula is C28H60F6N2O6S2. The van der Waals surface area contributed by atoms with Gasteiger partial charge in [0.15, 0.2) is 20.2 Å². The van der Waals surface area contributed by atoms with E-state index < -0.39 is 31.3 Å². The minimum Gasteiger partial charge on any atom is -0.741 e. The maximum Gasteiger partial charge on any atom is 0.485 e. The fourth-order valence-electron chi connectivity index (χ4n) is 3.68. The molecule has 0 aromatic heterocycles. The van der Waals surface area contributed by atoms with Gasteiger partial charge in [0.25, 0.3) is 0 Å². The predicted octanol–water partition coefficient (Wildman–Crippen LogP) is 7.77. The average molecular weight is 699 g/mol. The molecule has 272 valence electrons. The molecular weight excluding hydrogens is 638 g/mol. The average Bonchev–Trinajstić information content (AvgIpc) is 2.85. The van der Waals surface area contributed by atoms with Gasteiger partial charge in [0.2, 0.25) is 0 Å². The van der Waals surface area contributed by atoms with Crippen molar-refractivity contribution in [2.75, 3.05) is 54.4 Å². The summed E-state index contributed by atoms with van der Waals surface area (Å²) in [6.07, 6.45) is 19.5. The lowest BCUT2D eigenvalue weighted by Crippen LogP contribution is -2.41. The number of quaternary nitrogens is 2. The summed E-state index contributed by atoms with van der Waals surface area (Å²) in [5.74, 6) is 0. The fourth-order valence-corrected chi connectivity index (χ4v) is 3.68. The van der Waals surface area contributed by atoms with E-state index in [2.05, 4.69) is 55.9 Å². The van der Waals surface area contributed by atoms with Gasteiger partial charge >= 0.3 is 11.0 Å². The molecule has 0 N–H and O–H groups in total. The number of halogens is 6. The minimum atomic E-state index is -6.09. The van der Waals surface area contributed by atoms with Crippen molar-refractivity contribution >= 4 is 20.2 Å². The van der Waals surface area contributed by atoms with Gasteiger partial charge in [0.1, 0.15) is 0 Å². The summed E-state index contributed by atoms with van der Waals surface area (Å²) >= 11 is 0. The van der Waals surface area contributed by atoms with E-state index in [4.69, 9.17) is 25.9 Å². The highest BCUT2D eigenvalue weighted by molar-refractivity contribution is 7.86. The van der Waals surface area contributed by atoms with E-state index in [1.165, 1.54) is 125 Å². The van der Waals surface area contributed by atoms with Crippen LogP contribution in [0.5, 0.6) is 0 Å². The van der Waals surface area contributed by atoms with E-state index in [0.29, 0.717) is 0 Å². The first-order valence-corrected chi connectivity index (χ1v) is 18.2. The topological polar surface area (TPSA) is 114 Å². The van der Waals surface area contributed by atoms with E-state index in [0.717, 1.165) is 0 Å². The second-order valence-corrected chi connectivity index (χ2v) is 14.8. The fraction of sp³-hybridized carbons (Fsp3) is 1.00. The van der Waals surface area contributed by atoms with Crippen LogP contribution >= 0.6 is 0 Å². The highest BCUT2D eigenvalue weighted by Crippen LogP contribution is 2.21. The van der Waals surface area contributed by atoms with Crippen molar-refractivity contribution in [3.63, 3.8) is 0 Å². The third kappa shape index (κ3) is 35.8. The molecule has 0 aromatic rings. The van der Waals surface area contributed by atoms with Gasteiger partial charge in [0, 0.05) is 0 Å². The molecule has 0 amide bonds. The third-order valence-corrected chi connectivity index (χ3v) is 7.67. The minimum absolute atomic E-state index is 1.22. The Morgan fingerprint density at radius 3 is 0.795 bits per heavy atom. The summed E-state index contributed by atoms with van der Waals surface area (Å²) < 4.78 is 120. The molecule has 0 radical (unpaired) electrons. The van der Waals surface area contributed by atoms with Crippen LogP contribution in [0.3, 0.4) is 0 Å². The molecule has 8 nitrogen and oxygen atoms in total. The van der Waals surface area contributed by atoms with Crippen LogP contribution < -0.4 is 0 Å². The van der Waals surface area contributed by atoms with Crippen molar-refractivity contribution in [3.05, 3.63) is 0 Å². The van der Waals surface area contributed by atoms with Crippen molar-refractivity contribution < 1.29 is 61.2 Å². The van der Waals surface area contributed by atoms with Crippen molar-refractivity contribution in [3.8, 4) is 0 Å². The summed E-state index contributed by atoms with van der Waals surface area (Å²) in [4.78, 5) is 0. The van der Waals surface area contributed by atoms with Crippen molar-refractivity contribution in [1.82, 2.24) is 0 Å². The van der Waals surface area contributed by atoms with Crippen LogP contribution in [0.2, 0.25) is 0 Å². The summed E-state index contributed by atoms with van der Waals surface area (Å²) in [6.45, 7) is 14.5. The molecule has 0 aliphatic rings. The van der Waals surface area contributed by atoms with Crippen LogP contribution in [-0.4, -0.2) is 100 Å². The quantitative estimate of drug-likeness (QED) is 0.0475. The maximum absolute atomic E-state index is 10.7. The molecule has 0 saturated carbocycles. The zero-order chi connectivity index (χ0) is 35.7. The summed E-state index contributed by atoms with van der Waals surface area (Å²) in [6, 6.07) is 0. The van der Waals surface area contributed by atoms with Crippen molar-refractivity contribution in [2.45, 2.75) is 129 Å². The SMILES string of the molecule is CCCCCCC[N+](C)(C)CCCC.CCCCCCC[N+](C)(C)CCCC.O=S(=O)([O-])C(F)(F)F.O=S(=O)([O-])C(F)(F)F. The normalized spacial score (nSPS) is 12.7. The van der Waals surface area contributed by atoms with Gasteiger partial charge in [-0.25, -0.2) is 16.8 Å². The number of nitrogens with zero attached hydrogens (tertiary/aromatic N) is 2. The first kappa shape index (κ1) is 50.2. The Hall–Kier alpha value is -0.680. The number of hydrogen-bond donors (Lipinski definition) is 0. The maximum atomic E-state index is 10.7. The van der Waals surface area contributed by atoms with E-state index in [1.807, 2.05) is 0 Å². The highest BCUT2D eigenvalue weighted by atomic mass is 32.2. The largest absolute Gasteiger partial charge is 0.741 e. The van der Waals surface area contributed by atoms with Gasteiger partial charge in [0.05, 0.1) is 54.4 Å². The summed E-state index contributed by atoms with van der Waals surface area (Å²) in [5.41, 5.74) is -11.3. The molecule has 0 aromatic carbocycles. The molecule has 0 heterocycles. The summed E-state index contributed by atoms with van der Waals surface area (Å²) in [5, 5.41) is 0. The molecule has 0 bridgehead atoms. The monoisotopic (exact) mass is 698 g/mol. The second kappa shape index (κ2) is 25.4. The van der Waals surface area contributed by atoms with E-state index >= 15 is 0 Å². The molecule has 0 fully saturated rings. The molecule has 0 rings (SSSR count). The molecule has 0 aliphatic heterocycles. The molecule has 44 heavy (non-hydrogen) atoms. The lowest BCUT2D eigenvalue weighted by Gasteiger charge is -2.29. The summed E-state index contributed by atoms with van der Waals surface area (Å²) in [7, 11) is -2.70. The molecule has 0 spiro atoms. The van der Waals surface area contributed by atoms with E-state index in [9.17, 15) is 26.3 Å². The Bertz CT molecular complexity index is 808. The van der Waals surface area contributed by atoms with Crippen molar-refractivity contribution in [2.24, 2.45) is 0 Å². The van der Waals surface area contributed by atoms with Crippen LogP contribution in [0, 0.1) is 0 Å². The Kier molecular flexibility index (Phi) is 29.0. The van der Waals surface area contributed by atoms with E-state index in [1.54, 1.807) is 0 Å². The highest BCUT2D eigenvalue weighted by Gasteiger charge is 2.37. The van der Waals surface area contributed by atoms with Gasteiger partial charge in [-0.15, -0.1) is 0 Å². The number of rotatable bonds is 18. The molecule has 0 saturated heterocycles. The van der Waals surface area contributed by atoms with Crippen LogP contribution in [0.25, 0.3) is 0 Å². The van der Waals surface area contributed by atoms with Crippen LogP contribution in [0.4, 0.5) is 26.3 Å². The Morgan fingerprint density at radius 2 is 0.614 bits per heavy atom. The molecule has 0 aliphatic carbocycles. The number of alkyl halides is 6. The second-order valence-electron chi connectivity index (χ2n) is 12.1. The van der Waals surface area contributed by atoms with Gasteiger partial charge in [-0.05, 0) is 38.5 Å². The molecule has 0 unspecified atom stereocenters. The number of unbranched alkanes of at least 4 members (excludes halogenated alkanes) is 10. The van der Waals surface area contributed by atoms with Crippen LogP contribution in [-0.2, 0) is 20.2 Å². The van der Waals surface area contributed by atoms with Gasteiger partial charge < -0.3 is 18.1 Å². The number of hydrogen-bond acceptors (Lipinski definition) is 6.